The van der Waals surface area contributed by atoms with Crippen molar-refractivity contribution < 1.29 is 27.4 Å². The zero-order chi connectivity index (χ0) is 39.3. The van der Waals surface area contributed by atoms with Crippen LogP contribution >= 0.6 is 0 Å². The molecule has 3 heterocycles. The van der Waals surface area contributed by atoms with Gasteiger partial charge in [-0.15, -0.1) is 0 Å². The summed E-state index contributed by atoms with van der Waals surface area (Å²) < 4.78 is 58.6. The van der Waals surface area contributed by atoms with Crippen LogP contribution in [0.1, 0.15) is 60.4 Å². The fraction of sp³-hybridized carbons (Fsp3) is 0.277. The highest BCUT2D eigenvalue weighted by Gasteiger charge is 2.36. The molecule has 57 heavy (non-hydrogen) atoms. The molecule has 6 aromatic carbocycles. The Hall–Kier alpha value is -6.03. The number of aryl methyl sites for hydroxylation is 2. The van der Waals surface area contributed by atoms with Crippen LogP contribution in [0.2, 0.25) is 0 Å². The Morgan fingerprint density at radius 2 is 1.58 bits per heavy atom. The van der Waals surface area contributed by atoms with Gasteiger partial charge in [0, 0.05) is 76.8 Å². The van der Waals surface area contributed by atoms with E-state index in [9.17, 15) is 18.0 Å². The second-order valence-corrected chi connectivity index (χ2v) is 15.0. The normalized spacial score (nSPS) is 14.7. The Balaban J connectivity index is 1.10. The lowest BCUT2D eigenvalue weighted by Crippen LogP contribution is -2.43. The van der Waals surface area contributed by atoms with Gasteiger partial charge in [0.25, 0.3) is 0 Å². The molecule has 9 rings (SSSR count). The van der Waals surface area contributed by atoms with Gasteiger partial charge >= 0.3 is 12.1 Å². The Labute approximate surface area is 328 Å². The molecule has 0 spiro atoms. The number of rotatable bonds is 9. The Morgan fingerprint density at radius 1 is 0.825 bits per heavy atom. The van der Waals surface area contributed by atoms with Crippen molar-refractivity contribution in [2.75, 3.05) is 38.2 Å². The second kappa shape index (κ2) is 14.8. The van der Waals surface area contributed by atoms with E-state index in [1.807, 2.05) is 67.7 Å². The van der Waals surface area contributed by atoms with Gasteiger partial charge in [0.05, 0.1) is 23.5 Å². The lowest BCUT2D eigenvalue weighted by molar-refractivity contribution is -0.143. The van der Waals surface area contributed by atoms with Crippen molar-refractivity contribution in [1.29, 1.82) is 0 Å². The van der Waals surface area contributed by atoms with E-state index in [2.05, 4.69) is 31.8 Å². The number of hydrogen-bond donors (Lipinski definition) is 0. The quantitative estimate of drug-likeness (QED) is 0.0834. The summed E-state index contributed by atoms with van der Waals surface area (Å²) in [5.41, 5.74) is 5.46. The standard InChI is InChI=1S/C47H42F3N4O3/c1-3-56-42(55)13-8-24-53(2)33-18-15-31(16-19-33)51-52-32-17-21-34-29(27-32)14-20-38-43(37-10-4-5-12-41(37)47(48,49)50)39-23-22-35-36-11-7-26-54-25-6-9-30(44(36)54)28-40(35)46(39)57-45(34)38/h4-5,10,12,14-23,27-28H,3,6-9,11,13,24-26H2,1-2H3/q+1. The minimum atomic E-state index is -4.55. The lowest BCUT2D eigenvalue weighted by atomic mass is 9.85. The van der Waals surface area contributed by atoms with Crippen LogP contribution in [-0.2, 0) is 28.5 Å². The summed E-state index contributed by atoms with van der Waals surface area (Å²) in [6, 6.07) is 29.3. The van der Waals surface area contributed by atoms with Crippen LogP contribution in [0.4, 0.5) is 30.2 Å². The third kappa shape index (κ3) is 6.81. The molecule has 6 aromatic rings. The molecule has 288 valence electrons. The van der Waals surface area contributed by atoms with Crippen molar-refractivity contribution >= 4 is 50.1 Å². The first-order valence-electron chi connectivity index (χ1n) is 19.7. The molecule has 3 aliphatic rings. The third-order valence-electron chi connectivity index (χ3n) is 11.4. The van der Waals surface area contributed by atoms with Gasteiger partial charge in [0.1, 0.15) is 24.6 Å². The molecule has 0 atom stereocenters. The predicted octanol–water partition coefficient (Wildman–Crippen LogP) is 9.94. The topological polar surface area (TPSA) is 66.5 Å². The SMILES string of the molecule is CCOC(=O)CCCN(C)c1ccc(/N=N/c2ccc3c4c(ccc3c2)C(c2ccccc2C(F)(F)F)=c2ccc3c5c6c(cc3c2O4)CCC[N+]=6CCC5)cc1. The molecule has 0 unspecified atom stereocenters. The minimum Gasteiger partial charge on any atom is -0.466 e. The highest BCUT2D eigenvalue weighted by molar-refractivity contribution is 6.02. The van der Waals surface area contributed by atoms with Crippen LogP contribution in [0, 0.1) is 0 Å². The molecule has 0 aromatic heterocycles. The molecule has 3 aliphatic heterocycles. The number of nitrogens with zero attached hydrogens (tertiary/aromatic N) is 4. The van der Waals surface area contributed by atoms with E-state index in [4.69, 9.17) is 9.47 Å². The van der Waals surface area contributed by atoms with Gasteiger partial charge in [0.2, 0.25) is 5.36 Å². The molecule has 0 fully saturated rings. The Kier molecular flexibility index (Phi) is 9.51. The van der Waals surface area contributed by atoms with Crippen molar-refractivity contribution in [3.8, 4) is 11.5 Å². The second-order valence-electron chi connectivity index (χ2n) is 15.0. The van der Waals surface area contributed by atoms with Crippen LogP contribution in [0.25, 0.3) is 27.1 Å². The highest BCUT2D eigenvalue weighted by atomic mass is 19.4. The zero-order valence-electron chi connectivity index (χ0n) is 32.0. The smallest absolute Gasteiger partial charge is 0.417 e. The van der Waals surface area contributed by atoms with E-state index in [0.717, 1.165) is 72.1 Å². The number of halogens is 3. The van der Waals surface area contributed by atoms with Gasteiger partial charge in [0.15, 0.2) is 0 Å². The van der Waals surface area contributed by atoms with Crippen LogP contribution in [0.15, 0.2) is 107 Å². The van der Waals surface area contributed by atoms with Gasteiger partial charge in [-0.2, -0.15) is 23.4 Å². The number of ether oxygens (including phenoxy) is 2. The fourth-order valence-corrected chi connectivity index (χ4v) is 8.81. The first kappa shape index (κ1) is 36.6. The molecule has 10 heteroatoms. The lowest BCUT2D eigenvalue weighted by Gasteiger charge is -2.26. The first-order chi connectivity index (χ1) is 27.7. The van der Waals surface area contributed by atoms with Crippen molar-refractivity contribution in [2.45, 2.75) is 51.6 Å². The van der Waals surface area contributed by atoms with Crippen molar-refractivity contribution in [3.05, 3.63) is 135 Å². The van der Waals surface area contributed by atoms with Gasteiger partial charge in [-0.25, -0.2) is 4.58 Å². The average Bonchev–Trinajstić information content (AvgIpc) is 3.22. The number of anilines is 1. The number of esters is 1. The molecule has 0 amide bonds. The van der Waals surface area contributed by atoms with Gasteiger partial charge in [-0.05, 0) is 109 Å². The Bertz CT molecular complexity index is 2740. The van der Waals surface area contributed by atoms with E-state index in [-0.39, 0.29) is 11.5 Å². The maximum Gasteiger partial charge on any atom is 0.417 e. The maximum atomic E-state index is 14.7. The third-order valence-corrected chi connectivity index (χ3v) is 11.4. The van der Waals surface area contributed by atoms with E-state index in [1.165, 1.54) is 22.6 Å². The molecule has 0 bridgehead atoms. The molecular formula is C47H42F3N4O3+. The zero-order valence-corrected chi connectivity index (χ0v) is 32.0. The summed E-state index contributed by atoms with van der Waals surface area (Å²) in [6.45, 7) is 4.99. The first-order valence-corrected chi connectivity index (χ1v) is 19.7. The number of azo groups is 1. The van der Waals surface area contributed by atoms with E-state index in [0.29, 0.717) is 65.2 Å². The molecule has 0 saturated heterocycles. The van der Waals surface area contributed by atoms with Crippen LogP contribution in [0.5, 0.6) is 11.5 Å². The predicted molar refractivity (Wildman–Crippen MR) is 218 cm³/mol. The van der Waals surface area contributed by atoms with Crippen LogP contribution in [0.3, 0.4) is 0 Å². The number of carbonyl (C=O) groups is 1. The summed E-state index contributed by atoms with van der Waals surface area (Å²) in [5.74, 6) is 0.936. The molecule has 0 radical (unpaired) electrons. The molecule has 0 N–H and O–H groups in total. The summed E-state index contributed by atoms with van der Waals surface area (Å²) in [5, 5.41) is 14.7. The molecule has 0 aliphatic carbocycles. The molecule has 0 saturated carbocycles. The number of benzene rings is 6. The number of hydrogen-bond acceptors (Lipinski definition) is 6. The Morgan fingerprint density at radius 3 is 2.39 bits per heavy atom. The molecular weight excluding hydrogens is 726 g/mol. The summed E-state index contributed by atoms with van der Waals surface area (Å²) in [7, 11) is 1.98. The van der Waals surface area contributed by atoms with Crippen molar-refractivity contribution in [1.82, 2.24) is 4.58 Å². The largest absolute Gasteiger partial charge is 0.466 e. The fourth-order valence-electron chi connectivity index (χ4n) is 8.81. The summed E-state index contributed by atoms with van der Waals surface area (Å²) in [4.78, 5) is 13.8. The van der Waals surface area contributed by atoms with Crippen molar-refractivity contribution in [2.24, 2.45) is 10.2 Å². The minimum absolute atomic E-state index is 0.124. The van der Waals surface area contributed by atoms with E-state index in [1.54, 1.807) is 19.1 Å². The number of alkyl halides is 3. The van der Waals surface area contributed by atoms with E-state index < -0.39 is 11.7 Å². The van der Waals surface area contributed by atoms with Crippen molar-refractivity contribution in [3.63, 3.8) is 0 Å². The highest BCUT2D eigenvalue weighted by Crippen LogP contribution is 2.46. The van der Waals surface area contributed by atoms with Gasteiger partial charge < -0.3 is 14.4 Å². The van der Waals surface area contributed by atoms with Gasteiger partial charge in [-0.1, -0.05) is 30.3 Å². The number of fused-ring (bicyclic) bond motifs is 7. The monoisotopic (exact) mass is 767 g/mol. The average molecular weight is 768 g/mol. The summed E-state index contributed by atoms with van der Waals surface area (Å²) in [6.07, 6.45) is 0.570. The number of carbonyl (C=O) groups excluding carboxylic acids is 1. The summed E-state index contributed by atoms with van der Waals surface area (Å²) >= 11 is 0. The molecule has 7 nitrogen and oxygen atoms in total. The van der Waals surface area contributed by atoms with Crippen LogP contribution in [-0.4, -0.2) is 39.3 Å². The van der Waals surface area contributed by atoms with Gasteiger partial charge in [-0.3, -0.25) is 4.79 Å². The maximum absolute atomic E-state index is 14.7. The van der Waals surface area contributed by atoms with E-state index >= 15 is 0 Å². The van der Waals surface area contributed by atoms with Crippen LogP contribution < -0.4 is 24.8 Å².